The van der Waals surface area contributed by atoms with Crippen molar-refractivity contribution in [1.82, 2.24) is 0 Å². The summed E-state index contributed by atoms with van der Waals surface area (Å²) < 4.78 is 11.4. The average Bonchev–Trinajstić information content (AvgIpc) is 2.52. The predicted molar refractivity (Wildman–Crippen MR) is 95.0 cm³/mol. The maximum atomic E-state index is 10.7. The van der Waals surface area contributed by atoms with E-state index in [1.807, 2.05) is 26.0 Å². The van der Waals surface area contributed by atoms with Gasteiger partial charge in [-0.1, -0.05) is 29.3 Å². The standard InChI is InChI=1S/C19H19ClO4/c1-13-3-6-17(14(2)11-13)23-9-10-24-18-7-5-16(20)12-15(18)4-8-19(21)22/h3-8,11-12H,9-10H2,1-2H3,(H,21,22). The highest BCUT2D eigenvalue weighted by atomic mass is 35.5. The van der Waals surface area contributed by atoms with Crippen LogP contribution in [0.2, 0.25) is 5.02 Å². The molecule has 0 amide bonds. The molecule has 24 heavy (non-hydrogen) atoms. The van der Waals surface area contributed by atoms with Crippen LogP contribution in [0, 0.1) is 13.8 Å². The topological polar surface area (TPSA) is 55.8 Å². The molecule has 0 aromatic heterocycles. The molecule has 126 valence electrons. The number of hydrogen-bond donors (Lipinski definition) is 1. The van der Waals surface area contributed by atoms with Crippen LogP contribution < -0.4 is 9.47 Å². The number of benzene rings is 2. The number of halogens is 1. The van der Waals surface area contributed by atoms with E-state index in [1.54, 1.807) is 18.2 Å². The van der Waals surface area contributed by atoms with E-state index in [1.165, 1.54) is 11.6 Å². The Hall–Kier alpha value is -2.46. The molecule has 0 aliphatic carbocycles. The summed E-state index contributed by atoms with van der Waals surface area (Å²) in [6.07, 6.45) is 2.50. The third-order valence-corrected chi connectivity index (χ3v) is 3.54. The van der Waals surface area contributed by atoms with Gasteiger partial charge in [0.1, 0.15) is 24.7 Å². The zero-order chi connectivity index (χ0) is 17.5. The molecule has 2 aromatic rings. The Morgan fingerprint density at radius 2 is 1.75 bits per heavy atom. The third-order valence-electron chi connectivity index (χ3n) is 3.31. The SMILES string of the molecule is Cc1ccc(OCCOc2ccc(Cl)cc2C=CC(=O)O)c(C)c1. The summed E-state index contributed by atoms with van der Waals surface area (Å²) in [6.45, 7) is 4.75. The molecule has 0 saturated heterocycles. The van der Waals surface area contributed by atoms with Gasteiger partial charge in [0.05, 0.1) is 0 Å². The van der Waals surface area contributed by atoms with Crippen molar-refractivity contribution < 1.29 is 19.4 Å². The van der Waals surface area contributed by atoms with E-state index in [2.05, 4.69) is 6.07 Å². The van der Waals surface area contributed by atoms with Crippen LogP contribution in [-0.4, -0.2) is 24.3 Å². The zero-order valence-corrected chi connectivity index (χ0v) is 14.3. The van der Waals surface area contributed by atoms with E-state index in [4.69, 9.17) is 26.2 Å². The second kappa shape index (κ2) is 8.41. The van der Waals surface area contributed by atoms with Crippen molar-refractivity contribution in [2.75, 3.05) is 13.2 Å². The number of aryl methyl sites for hydroxylation is 2. The second-order valence-corrected chi connectivity index (χ2v) is 5.76. The van der Waals surface area contributed by atoms with Crippen molar-refractivity contribution in [3.63, 3.8) is 0 Å². The summed E-state index contributed by atoms with van der Waals surface area (Å²) in [4.78, 5) is 10.7. The Morgan fingerprint density at radius 3 is 2.42 bits per heavy atom. The minimum Gasteiger partial charge on any atom is -0.490 e. The van der Waals surface area contributed by atoms with Gasteiger partial charge in [0.2, 0.25) is 0 Å². The fraction of sp³-hybridized carbons (Fsp3) is 0.211. The number of ether oxygens (including phenoxy) is 2. The van der Waals surface area contributed by atoms with Crippen LogP contribution in [0.5, 0.6) is 11.5 Å². The Bertz CT molecular complexity index is 753. The van der Waals surface area contributed by atoms with Crippen LogP contribution in [0.15, 0.2) is 42.5 Å². The quantitative estimate of drug-likeness (QED) is 0.592. The third kappa shape index (κ3) is 5.32. The largest absolute Gasteiger partial charge is 0.490 e. The van der Waals surface area contributed by atoms with Crippen molar-refractivity contribution in [2.24, 2.45) is 0 Å². The highest BCUT2D eigenvalue weighted by molar-refractivity contribution is 6.30. The van der Waals surface area contributed by atoms with Crippen molar-refractivity contribution in [1.29, 1.82) is 0 Å². The van der Waals surface area contributed by atoms with Gasteiger partial charge in [0.25, 0.3) is 0 Å². The van der Waals surface area contributed by atoms with Crippen LogP contribution >= 0.6 is 11.6 Å². The van der Waals surface area contributed by atoms with E-state index in [9.17, 15) is 4.79 Å². The highest BCUT2D eigenvalue weighted by Gasteiger charge is 2.04. The van der Waals surface area contributed by atoms with Gasteiger partial charge in [0.15, 0.2) is 0 Å². The lowest BCUT2D eigenvalue weighted by atomic mass is 10.1. The van der Waals surface area contributed by atoms with Crippen LogP contribution in [-0.2, 0) is 4.79 Å². The Kier molecular flexibility index (Phi) is 6.27. The van der Waals surface area contributed by atoms with E-state index >= 15 is 0 Å². The van der Waals surface area contributed by atoms with Crippen molar-refractivity contribution in [3.8, 4) is 11.5 Å². The molecule has 0 aliphatic heterocycles. The summed E-state index contributed by atoms with van der Waals surface area (Å²) in [5.74, 6) is 0.353. The first kappa shape index (κ1) is 17.9. The van der Waals surface area contributed by atoms with E-state index < -0.39 is 5.97 Å². The lowest BCUT2D eigenvalue weighted by molar-refractivity contribution is -0.131. The first-order valence-electron chi connectivity index (χ1n) is 7.49. The number of carboxylic acids is 1. The van der Waals surface area contributed by atoms with Crippen LogP contribution in [0.3, 0.4) is 0 Å². The second-order valence-electron chi connectivity index (χ2n) is 5.32. The first-order chi connectivity index (χ1) is 11.5. The van der Waals surface area contributed by atoms with Gasteiger partial charge in [-0.3, -0.25) is 0 Å². The van der Waals surface area contributed by atoms with Gasteiger partial charge in [-0.25, -0.2) is 4.79 Å². The number of carboxylic acid groups (broad SMARTS) is 1. The predicted octanol–water partition coefficient (Wildman–Crippen LogP) is 4.51. The molecule has 0 heterocycles. The molecule has 0 spiro atoms. The molecule has 0 bridgehead atoms. The summed E-state index contributed by atoms with van der Waals surface area (Å²) in [6, 6.07) is 11.1. The molecule has 1 N–H and O–H groups in total. The van der Waals surface area contributed by atoms with Gasteiger partial charge in [-0.05, 0) is 49.8 Å². The van der Waals surface area contributed by atoms with Crippen LogP contribution in [0.1, 0.15) is 16.7 Å². The van der Waals surface area contributed by atoms with Crippen molar-refractivity contribution in [3.05, 3.63) is 64.2 Å². The molecule has 0 atom stereocenters. The summed E-state index contributed by atoms with van der Waals surface area (Å²) >= 11 is 5.94. The molecule has 2 rings (SSSR count). The van der Waals surface area contributed by atoms with Crippen LogP contribution in [0.25, 0.3) is 6.08 Å². The highest BCUT2D eigenvalue weighted by Crippen LogP contribution is 2.24. The van der Waals surface area contributed by atoms with Gasteiger partial charge in [0, 0.05) is 16.7 Å². The lowest BCUT2D eigenvalue weighted by Gasteiger charge is -2.12. The summed E-state index contributed by atoms with van der Waals surface area (Å²) in [5.41, 5.74) is 2.87. The van der Waals surface area contributed by atoms with E-state index in [-0.39, 0.29) is 0 Å². The maximum Gasteiger partial charge on any atom is 0.328 e. The molecule has 0 fully saturated rings. The van der Waals surface area contributed by atoms with Gasteiger partial charge in [-0.2, -0.15) is 0 Å². The molecule has 2 aromatic carbocycles. The number of aliphatic carboxylic acids is 1. The molecule has 5 heteroatoms. The molecular weight excluding hydrogens is 328 g/mol. The van der Waals surface area contributed by atoms with E-state index in [0.29, 0.717) is 29.5 Å². The van der Waals surface area contributed by atoms with Gasteiger partial charge < -0.3 is 14.6 Å². The van der Waals surface area contributed by atoms with Crippen LogP contribution in [0.4, 0.5) is 0 Å². The number of hydrogen-bond acceptors (Lipinski definition) is 3. The van der Waals surface area contributed by atoms with Crippen molar-refractivity contribution in [2.45, 2.75) is 13.8 Å². The molecular formula is C19H19ClO4. The number of carbonyl (C=O) groups is 1. The molecule has 0 saturated carbocycles. The molecule has 0 unspecified atom stereocenters. The summed E-state index contributed by atoms with van der Waals surface area (Å²) in [5, 5.41) is 9.25. The summed E-state index contributed by atoms with van der Waals surface area (Å²) in [7, 11) is 0. The Morgan fingerprint density at radius 1 is 1.08 bits per heavy atom. The average molecular weight is 347 g/mol. The van der Waals surface area contributed by atoms with Gasteiger partial charge >= 0.3 is 5.97 Å². The van der Waals surface area contributed by atoms with Crippen molar-refractivity contribution >= 4 is 23.6 Å². The molecule has 0 radical (unpaired) electrons. The zero-order valence-electron chi connectivity index (χ0n) is 13.6. The minimum absolute atomic E-state index is 0.336. The first-order valence-corrected chi connectivity index (χ1v) is 7.87. The molecule has 4 nitrogen and oxygen atoms in total. The fourth-order valence-electron chi connectivity index (χ4n) is 2.21. The lowest BCUT2D eigenvalue weighted by Crippen LogP contribution is -2.10. The smallest absolute Gasteiger partial charge is 0.328 e. The van der Waals surface area contributed by atoms with E-state index in [0.717, 1.165) is 17.4 Å². The monoisotopic (exact) mass is 346 g/mol. The van der Waals surface area contributed by atoms with Gasteiger partial charge in [-0.15, -0.1) is 0 Å². The number of rotatable bonds is 7. The maximum absolute atomic E-state index is 10.7. The molecule has 0 aliphatic rings. The Labute approximate surface area is 146 Å². The minimum atomic E-state index is -1.03. The normalized spacial score (nSPS) is 10.8. The Balaban J connectivity index is 1.95. The fourth-order valence-corrected chi connectivity index (χ4v) is 2.39.